The quantitative estimate of drug-likeness (QED) is 0.419. The van der Waals surface area contributed by atoms with E-state index in [0.717, 1.165) is 33.3 Å². The van der Waals surface area contributed by atoms with E-state index in [1.165, 1.54) is 4.88 Å². The van der Waals surface area contributed by atoms with E-state index in [2.05, 4.69) is 38.5 Å². The number of anilines is 2. The topological polar surface area (TPSA) is 100 Å². The summed E-state index contributed by atoms with van der Waals surface area (Å²) >= 11 is 1.62. The van der Waals surface area contributed by atoms with Gasteiger partial charge in [0, 0.05) is 37.1 Å². The molecule has 2 N–H and O–H groups in total. The van der Waals surface area contributed by atoms with Gasteiger partial charge in [-0.2, -0.15) is 18.2 Å². The van der Waals surface area contributed by atoms with Gasteiger partial charge < -0.3 is 19.8 Å². The van der Waals surface area contributed by atoms with Crippen LogP contribution in [-0.4, -0.2) is 47.8 Å². The number of halogens is 3. The predicted molar refractivity (Wildman–Crippen MR) is 118 cm³/mol. The van der Waals surface area contributed by atoms with Crippen LogP contribution in [0.5, 0.6) is 0 Å². The third-order valence-electron chi connectivity index (χ3n) is 5.45. The van der Waals surface area contributed by atoms with Gasteiger partial charge in [-0.3, -0.25) is 0 Å². The van der Waals surface area contributed by atoms with Crippen molar-refractivity contribution in [3.63, 3.8) is 0 Å². The van der Waals surface area contributed by atoms with Crippen molar-refractivity contribution in [1.29, 1.82) is 0 Å². The molecule has 0 saturated heterocycles. The van der Waals surface area contributed by atoms with Crippen LogP contribution in [-0.2, 0) is 32.1 Å². The van der Waals surface area contributed by atoms with E-state index < -0.39 is 12.0 Å². The average molecular weight is 478 g/mol. The molecule has 174 valence electrons. The minimum absolute atomic E-state index is 0.135. The minimum Gasteiger partial charge on any atom is -0.354 e. The lowest BCUT2D eigenvalue weighted by atomic mass is 10.2. The molecule has 4 aromatic rings. The molecular formula is C20H22F3N9S. The molecule has 1 aliphatic rings. The second-order valence-electron chi connectivity index (χ2n) is 7.80. The van der Waals surface area contributed by atoms with Gasteiger partial charge in [0.05, 0.1) is 24.0 Å². The number of nitrogens with zero attached hydrogens (tertiary/aromatic N) is 7. The Labute approximate surface area is 191 Å². The van der Waals surface area contributed by atoms with E-state index in [-0.39, 0.29) is 18.9 Å². The van der Waals surface area contributed by atoms with Gasteiger partial charge in [0.25, 0.3) is 0 Å². The highest BCUT2D eigenvalue weighted by Crippen LogP contribution is 2.35. The zero-order valence-corrected chi connectivity index (χ0v) is 18.7. The summed E-state index contributed by atoms with van der Waals surface area (Å²) in [6, 6.07) is 2.09. The van der Waals surface area contributed by atoms with Crippen molar-refractivity contribution in [2.24, 2.45) is 0 Å². The summed E-state index contributed by atoms with van der Waals surface area (Å²) in [5.41, 5.74) is 0.931. The predicted octanol–water partition coefficient (Wildman–Crippen LogP) is 3.65. The second-order valence-corrected chi connectivity index (χ2v) is 8.92. The molecular weight excluding hydrogens is 455 g/mol. The Morgan fingerprint density at radius 3 is 2.82 bits per heavy atom. The summed E-state index contributed by atoms with van der Waals surface area (Å²) in [7, 11) is 0. The first kappa shape index (κ1) is 21.6. The van der Waals surface area contributed by atoms with E-state index in [1.54, 1.807) is 17.7 Å². The van der Waals surface area contributed by atoms with Gasteiger partial charge in [-0.1, -0.05) is 13.3 Å². The number of hydrogen-bond donors (Lipinski definition) is 2. The van der Waals surface area contributed by atoms with Crippen LogP contribution in [0.4, 0.5) is 24.9 Å². The zero-order chi connectivity index (χ0) is 23.0. The summed E-state index contributed by atoms with van der Waals surface area (Å²) in [4.78, 5) is 20.6. The average Bonchev–Trinajstić information content (AvgIpc) is 3.51. The number of hydrogen-bond acceptors (Lipinski definition) is 8. The van der Waals surface area contributed by atoms with Crippen LogP contribution in [0.15, 0.2) is 18.6 Å². The second kappa shape index (κ2) is 8.61. The third kappa shape index (κ3) is 4.36. The number of aromatic nitrogens is 7. The number of rotatable bonds is 7. The molecule has 0 spiro atoms. The Morgan fingerprint density at radius 1 is 1.18 bits per heavy atom. The van der Waals surface area contributed by atoms with Crippen LogP contribution in [0.3, 0.4) is 0 Å². The maximum absolute atomic E-state index is 13.2. The normalized spacial score (nSPS) is 14.1. The Balaban J connectivity index is 1.44. The molecule has 0 amide bonds. The molecule has 5 rings (SSSR count). The lowest BCUT2D eigenvalue weighted by Crippen LogP contribution is -2.36. The standard InChI is InChI=1S/C20H22F3N9S/c1-2-3-13-8-14-16(31-6-7-32-15(10-31)29-30-18(32)20(21,22)23)27-19(28-17(14)33-13)25-5-4-12-9-24-11-26-12/h8-9,11H,2-7,10H2,1H3,(H,24,26)(H,25,27,28). The molecule has 0 saturated carbocycles. The van der Waals surface area contributed by atoms with Crippen LogP contribution in [0.25, 0.3) is 10.2 Å². The number of nitrogens with one attached hydrogen (secondary N) is 2. The first-order chi connectivity index (χ1) is 15.9. The van der Waals surface area contributed by atoms with Crippen molar-refractivity contribution in [2.45, 2.75) is 45.5 Å². The Bertz CT molecular complexity index is 1250. The molecule has 0 fully saturated rings. The number of thiophene rings is 1. The van der Waals surface area contributed by atoms with Crippen LogP contribution in [0, 0.1) is 0 Å². The number of fused-ring (bicyclic) bond motifs is 2. The van der Waals surface area contributed by atoms with E-state index in [0.29, 0.717) is 31.3 Å². The van der Waals surface area contributed by atoms with Crippen LogP contribution in [0.2, 0.25) is 0 Å². The largest absolute Gasteiger partial charge is 0.451 e. The van der Waals surface area contributed by atoms with E-state index >= 15 is 0 Å². The van der Waals surface area contributed by atoms with Gasteiger partial charge in [0.2, 0.25) is 11.8 Å². The molecule has 0 radical (unpaired) electrons. The maximum atomic E-state index is 13.2. The smallest absolute Gasteiger partial charge is 0.354 e. The first-order valence-electron chi connectivity index (χ1n) is 10.7. The summed E-state index contributed by atoms with van der Waals surface area (Å²) in [5.74, 6) is 0.508. The van der Waals surface area contributed by atoms with Gasteiger partial charge in [-0.05, 0) is 12.5 Å². The van der Waals surface area contributed by atoms with Crippen molar-refractivity contribution < 1.29 is 13.2 Å². The summed E-state index contributed by atoms with van der Waals surface area (Å²) in [6.07, 6.45) is 1.61. The van der Waals surface area contributed by atoms with Gasteiger partial charge in [-0.25, -0.2) is 9.97 Å². The van der Waals surface area contributed by atoms with E-state index in [4.69, 9.17) is 9.97 Å². The molecule has 1 aliphatic heterocycles. The molecule has 4 aromatic heterocycles. The monoisotopic (exact) mass is 477 g/mol. The van der Waals surface area contributed by atoms with Crippen molar-refractivity contribution in [3.05, 3.63) is 40.8 Å². The van der Waals surface area contributed by atoms with Crippen molar-refractivity contribution in [3.8, 4) is 0 Å². The number of aromatic amines is 1. The number of alkyl halides is 3. The SMILES string of the molecule is CCCc1cc2c(N3CCn4c(nnc4C(F)(F)F)C3)nc(NCCc3c[nH]cn3)nc2s1. The number of H-pyrrole nitrogens is 1. The molecule has 0 bridgehead atoms. The highest BCUT2D eigenvalue weighted by molar-refractivity contribution is 7.18. The van der Waals surface area contributed by atoms with Gasteiger partial charge in [-0.15, -0.1) is 21.5 Å². The zero-order valence-electron chi connectivity index (χ0n) is 17.9. The fourth-order valence-electron chi connectivity index (χ4n) is 3.92. The van der Waals surface area contributed by atoms with E-state index in [9.17, 15) is 13.2 Å². The molecule has 5 heterocycles. The third-order valence-corrected chi connectivity index (χ3v) is 6.53. The van der Waals surface area contributed by atoms with Gasteiger partial charge >= 0.3 is 6.18 Å². The van der Waals surface area contributed by atoms with E-state index in [1.807, 2.05) is 11.1 Å². The Morgan fingerprint density at radius 2 is 2.06 bits per heavy atom. The molecule has 33 heavy (non-hydrogen) atoms. The number of aryl methyl sites for hydroxylation is 1. The fourth-order valence-corrected chi connectivity index (χ4v) is 5.05. The molecule has 0 aromatic carbocycles. The maximum Gasteiger partial charge on any atom is 0.451 e. The first-order valence-corrected chi connectivity index (χ1v) is 11.5. The Kier molecular flexibility index (Phi) is 5.64. The summed E-state index contributed by atoms with van der Waals surface area (Å²) in [6.45, 7) is 3.42. The van der Waals surface area contributed by atoms with Crippen LogP contribution >= 0.6 is 11.3 Å². The fraction of sp³-hybridized carbons (Fsp3) is 0.450. The van der Waals surface area contributed by atoms with Gasteiger partial charge in [0.1, 0.15) is 10.6 Å². The lowest BCUT2D eigenvalue weighted by Gasteiger charge is -2.29. The molecule has 0 aliphatic carbocycles. The van der Waals surface area contributed by atoms with Crippen LogP contribution in [0.1, 0.15) is 35.6 Å². The molecule has 13 heteroatoms. The minimum atomic E-state index is -4.52. The highest BCUT2D eigenvalue weighted by Gasteiger charge is 2.39. The van der Waals surface area contributed by atoms with Crippen molar-refractivity contribution in [1.82, 2.24) is 34.7 Å². The van der Waals surface area contributed by atoms with Crippen LogP contribution < -0.4 is 10.2 Å². The molecule has 0 atom stereocenters. The summed E-state index contributed by atoms with van der Waals surface area (Å²) in [5, 5.41) is 11.3. The van der Waals surface area contributed by atoms with Gasteiger partial charge in [0.15, 0.2) is 5.82 Å². The lowest BCUT2D eigenvalue weighted by molar-refractivity contribution is -0.147. The summed E-state index contributed by atoms with van der Waals surface area (Å²) < 4.78 is 40.8. The Hall–Kier alpha value is -3.22. The highest BCUT2D eigenvalue weighted by atomic mass is 32.1. The van der Waals surface area contributed by atoms with Crippen molar-refractivity contribution in [2.75, 3.05) is 23.3 Å². The molecule has 0 unspecified atom stereocenters. The van der Waals surface area contributed by atoms with Crippen molar-refractivity contribution >= 4 is 33.3 Å². The number of imidazole rings is 1. The molecule has 9 nitrogen and oxygen atoms in total.